The van der Waals surface area contributed by atoms with Crippen LogP contribution in [-0.4, -0.2) is 28.2 Å². The van der Waals surface area contributed by atoms with Crippen LogP contribution >= 0.6 is 24.0 Å². The van der Waals surface area contributed by atoms with Gasteiger partial charge in [-0.3, -0.25) is 10.1 Å². The lowest BCUT2D eigenvalue weighted by Crippen LogP contribution is -2.31. The fourth-order valence-electron chi connectivity index (χ4n) is 1.40. The Morgan fingerprint density at radius 1 is 1.40 bits per heavy atom. The molecule has 0 radical (unpaired) electrons. The molecule has 0 bridgehead atoms. The molecule has 0 atom stereocenters. The number of nitrogens with one attached hydrogen (secondary N) is 2. The zero-order valence-electron chi connectivity index (χ0n) is 11.0. The molecule has 108 valence electrons. The molecule has 1 aromatic heterocycles. The molecule has 0 saturated carbocycles. The summed E-state index contributed by atoms with van der Waals surface area (Å²) in [6.45, 7) is 0.763. The second-order valence-electron chi connectivity index (χ2n) is 3.76. The molecule has 2 aromatic rings. The first kappa shape index (κ1) is 16.2. The average molecular weight is 388 g/mol. The second-order valence-corrected chi connectivity index (χ2v) is 3.76. The number of hydrogen-bond donors (Lipinski definition) is 3. The van der Waals surface area contributed by atoms with Crippen molar-refractivity contribution < 1.29 is 4.74 Å². The molecule has 0 spiro atoms. The number of hydrogen-bond acceptors (Lipinski definition) is 4. The summed E-state index contributed by atoms with van der Waals surface area (Å²) in [6.07, 6.45) is 0. The summed E-state index contributed by atoms with van der Waals surface area (Å²) >= 11 is 0. The Bertz CT molecular complexity index is 542. The molecular weight excluding hydrogens is 371 g/mol. The number of para-hydroxylation sites is 1. The maximum Gasteiger partial charge on any atom is 0.188 e. The molecule has 0 fully saturated rings. The van der Waals surface area contributed by atoms with E-state index in [9.17, 15) is 0 Å². The van der Waals surface area contributed by atoms with Crippen LogP contribution in [0, 0.1) is 0 Å². The lowest BCUT2D eigenvalue weighted by atomic mass is 10.3. The topological polar surface area (TPSA) is 101 Å². The van der Waals surface area contributed by atoms with Crippen LogP contribution in [0.15, 0.2) is 35.3 Å². The Balaban J connectivity index is 0.00000200. The maximum absolute atomic E-state index is 5.55. The molecule has 0 aliphatic carbocycles. The smallest absolute Gasteiger partial charge is 0.188 e. The Kier molecular flexibility index (Phi) is 6.77. The number of nitrogens with two attached hydrogens (primary N) is 1. The first-order valence-electron chi connectivity index (χ1n) is 5.82. The number of benzene rings is 1. The van der Waals surface area contributed by atoms with E-state index in [0.717, 1.165) is 5.75 Å². The first-order chi connectivity index (χ1) is 9.28. The number of aliphatic imine (C=N–C) groups is 1. The van der Waals surface area contributed by atoms with Crippen LogP contribution < -0.4 is 15.8 Å². The molecule has 1 aromatic carbocycles. The third kappa shape index (κ3) is 5.03. The summed E-state index contributed by atoms with van der Waals surface area (Å²) in [7, 11) is 1.61. The van der Waals surface area contributed by atoms with Crippen LogP contribution in [0.2, 0.25) is 0 Å². The van der Waals surface area contributed by atoms with Crippen molar-refractivity contribution >= 4 is 29.9 Å². The van der Waals surface area contributed by atoms with E-state index in [1.165, 1.54) is 0 Å². The molecule has 0 saturated heterocycles. The van der Waals surface area contributed by atoms with Crippen molar-refractivity contribution in [2.24, 2.45) is 10.7 Å². The predicted octanol–water partition coefficient (Wildman–Crippen LogP) is 1.04. The van der Waals surface area contributed by atoms with Crippen LogP contribution in [0.5, 0.6) is 5.75 Å². The van der Waals surface area contributed by atoms with Crippen LogP contribution in [-0.2, 0) is 13.2 Å². The van der Waals surface area contributed by atoms with Crippen molar-refractivity contribution in [3.8, 4) is 5.75 Å². The highest BCUT2D eigenvalue weighted by atomic mass is 127. The predicted molar refractivity (Wildman–Crippen MR) is 87.0 cm³/mol. The number of aromatic amines is 1. The van der Waals surface area contributed by atoms with E-state index in [-0.39, 0.29) is 24.0 Å². The third-order valence-electron chi connectivity index (χ3n) is 2.37. The average Bonchev–Trinajstić information content (AvgIpc) is 2.91. The Labute approximate surface area is 134 Å². The molecule has 0 amide bonds. The van der Waals surface area contributed by atoms with E-state index >= 15 is 0 Å². The highest BCUT2D eigenvalue weighted by molar-refractivity contribution is 14.0. The van der Waals surface area contributed by atoms with E-state index in [1.807, 2.05) is 30.3 Å². The van der Waals surface area contributed by atoms with Crippen molar-refractivity contribution in [1.29, 1.82) is 0 Å². The summed E-state index contributed by atoms with van der Waals surface area (Å²) in [6, 6.07) is 9.54. The van der Waals surface area contributed by atoms with Crippen LogP contribution in [0.3, 0.4) is 0 Å². The van der Waals surface area contributed by atoms with Crippen LogP contribution in [0.1, 0.15) is 11.6 Å². The van der Waals surface area contributed by atoms with Gasteiger partial charge in [0.25, 0.3) is 0 Å². The van der Waals surface area contributed by atoms with E-state index < -0.39 is 0 Å². The Morgan fingerprint density at radius 2 is 2.15 bits per heavy atom. The lowest BCUT2D eigenvalue weighted by molar-refractivity contribution is 0.296. The molecule has 8 heteroatoms. The zero-order valence-corrected chi connectivity index (χ0v) is 13.4. The van der Waals surface area contributed by atoms with Gasteiger partial charge < -0.3 is 15.8 Å². The number of ether oxygens (including phenoxy) is 1. The highest BCUT2D eigenvalue weighted by Crippen LogP contribution is 2.09. The number of aromatic nitrogens is 3. The minimum atomic E-state index is 0. The fraction of sp³-hybridized carbons (Fsp3) is 0.250. The van der Waals surface area contributed by atoms with Crippen molar-refractivity contribution in [2.45, 2.75) is 13.2 Å². The molecule has 20 heavy (non-hydrogen) atoms. The van der Waals surface area contributed by atoms with E-state index in [2.05, 4.69) is 25.5 Å². The van der Waals surface area contributed by atoms with Gasteiger partial charge in [-0.15, -0.1) is 24.0 Å². The van der Waals surface area contributed by atoms with Gasteiger partial charge in [0.1, 0.15) is 12.4 Å². The minimum Gasteiger partial charge on any atom is -0.486 e. The quantitative estimate of drug-likeness (QED) is 0.404. The first-order valence-corrected chi connectivity index (χ1v) is 5.82. The zero-order chi connectivity index (χ0) is 13.5. The van der Waals surface area contributed by atoms with Gasteiger partial charge in [-0.25, -0.2) is 4.98 Å². The SMILES string of the molecule is CN=C(N)NCc1n[nH]c(COc2ccccc2)n1.I. The molecule has 4 N–H and O–H groups in total. The summed E-state index contributed by atoms with van der Waals surface area (Å²) in [5.74, 6) is 2.42. The molecule has 0 aliphatic heterocycles. The van der Waals surface area contributed by atoms with Gasteiger partial charge >= 0.3 is 0 Å². The van der Waals surface area contributed by atoms with Crippen molar-refractivity contribution in [1.82, 2.24) is 20.5 Å². The standard InChI is InChI=1S/C12H16N6O.HI/c1-14-12(13)15-7-10-16-11(18-17-10)8-19-9-5-3-2-4-6-9;/h2-6H,7-8H2,1H3,(H3,13,14,15)(H,16,17,18);1H. The van der Waals surface area contributed by atoms with Crippen LogP contribution in [0.4, 0.5) is 0 Å². The number of rotatable bonds is 5. The Morgan fingerprint density at radius 3 is 2.85 bits per heavy atom. The molecule has 0 unspecified atom stereocenters. The van der Waals surface area contributed by atoms with Crippen molar-refractivity contribution in [2.75, 3.05) is 7.05 Å². The minimum absolute atomic E-state index is 0. The third-order valence-corrected chi connectivity index (χ3v) is 2.37. The molecule has 2 rings (SSSR count). The molecule has 7 nitrogen and oxygen atoms in total. The summed E-state index contributed by atoms with van der Waals surface area (Å²) in [5, 5.41) is 9.73. The number of guanidine groups is 1. The lowest BCUT2D eigenvalue weighted by Gasteiger charge is -2.02. The molecule has 0 aliphatic rings. The second kappa shape index (κ2) is 8.35. The van der Waals surface area contributed by atoms with E-state index in [4.69, 9.17) is 10.5 Å². The van der Waals surface area contributed by atoms with Gasteiger partial charge in [0.2, 0.25) is 0 Å². The van der Waals surface area contributed by atoms with Gasteiger partial charge in [0.05, 0.1) is 6.54 Å². The maximum atomic E-state index is 5.55. The monoisotopic (exact) mass is 388 g/mol. The molecular formula is C12H17IN6O. The van der Waals surface area contributed by atoms with Gasteiger partial charge in [0.15, 0.2) is 17.6 Å². The normalized spacial score (nSPS) is 10.8. The van der Waals surface area contributed by atoms with Crippen molar-refractivity contribution in [3.05, 3.63) is 42.0 Å². The molecule has 1 heterocycles. The number of nitrogens with zero attached hydrogens (tertiary/aromatic N) is 3. The summed E-state index contributed by atoms with van der Waals surface area (Å²) in [5.41, 5.74) is 5.51. The summed E-state index contributed by atoms with van der Waals surface area (Å²) in [4.78, 5) is 8.05. The van der Waals surface area contributed by atoms with Crippen LogP contribution in [0.25, 0.3) is 0 Å². The van der Waals surface area contributed by atoms with Gasteiger partial charge in [-0.05, 0) is 12.1 Å². The fourth-order valence-corrected chi connectivity index (χ4v) is 1.40. The van der Waals surface area contributed by atoms with Gasteiger partial charge in [-0.2, -0.15) is 5.10 Å². The summed E-state index contributed by atoms with van der Waals surface area (Å²) < 4.78 is 5.55. The number of H-pyrrole nitrogens is 1. The highest BCUT2D eigenvalue weighted by Gasteiger charge is 2.04. The van der Waals surface area contributed by atoms with Crippen molar-refractivity contribution in [3.63, 3.8) is 0 Å². The van der Waals surface area contributed by atoms with E-state index in [0.29, 0.717) is 30.8 Å². The van der Waals surface area contributed by atoms with Gasteiger partial charge in [0, 0.05) is 7.05 Å². The largest absolute Gasteiger partial charge is 0.486 e. The Hall–Kier alpha value is -1.84. The van der Waals surface area contributed by atoms with E-state index in [1.54, 1.807) is 7.05 Å². The number of halogens is 1. The van der Waals surface area contributed by atoms with Gasteiger partial charge in [-0.1, -0.05) is 18.2 Å².